The lowest BCUT2D eigenvalue weighted by Gasteiger charge is -2.20. The topological polar surface area (TPSA) is 36.9 Å². The molecule has 1 unspecified atom stereocenters. The Labute approximate surface area is 79.9 Å². The molecule has 5 heteroatoms. The van der Waals surface area contributed by atoms with Crippen LogP contribution in [-0.4, -0.2) is 60.1 Å². The van der Waals surface area contributed by atoms with Crippen LogP contribution in [0.3, 0.4) is 0 Å². The Morgan fingerprint density at radius 2 is 1.77 bits per heavy atom. The van der Waals surface area contributed by atoms with Gasteiger partial charge in [-0.25, -0.2) is 0 Å². The van der Waals surface area contributed by atoms with E-state index in [9.17, 15) is 0 Å². The van der Waals surface area contributed by atoms with E-state index in [4.69, 9.17) is 26.8 Å². The van der Waals surface area contributed by atoms with Gasteiger partial charge in [-0.15, -0.1) is 0 Å². The van der Waals surface area contributed by atoms with Crippen molar-refractivity contribution in [2.75, 3.05) is 27.9 Å². The van der Waals surface area contributed by atoms with Gasteiger partial charge in [0.2, 0.25) is 0 Å². The molecule has 0 aromatic carbocycles. The third-order valence-electron chi connectivity index (χ3n) is 2.22. The lowest BCUT2D eigenvalue weighted by molar-refractivity contribution is -0.0463. The molecule has 0 spiro atoms. The van der Waals surface area contributed by atoms with Crippen molar-refractivity contribution < 1.29 is 18.9 Å². The van der Waals surface area contributed by atoms with Crippen molar-refractivity contribution in [3.63, 3.8) is 0 Å². The molecule has 1 aliphatic rings. The summed E-state index contributed by atoms with van der Waals surface area (Å²) >= 11 is 0. The lowest BCUT2D eigenvalue weighted by Crippen LogP contribution is -2.37. The first-order valence-electron chi connectivity index (χ1n) is 4.20. The molecule has 4 atom stereocenters. The highest BCUT2D eigenvalue weighted by atomic mass is 16.6. The second-order valence-corrected chi connectivity index (χ2v) is 3.00. The van der Waals surface area contributed by atoms with Crippen LogP contribution in [0.15, 0.2) is 0 Å². The minimum atomic E-state index is -0.435. The smallest absolute Gasteiger partial charge is 0.113 e. The Kier molecular flexibility index (Phi) is 4.19. The molecular formula is C8H15BO4. The predicted molar refractivity (Wildman–Crippen MR) is 47.9 cm³/mol. The maximum Gasteiger partial charge on any atom is 0.113 e. The molecule has 1 fully saturated rings. The van der Waals surface area contributed by atoms with E-state index in [1.165, 1.54) is 0 Å². The molecule has 13 heavy (non-hydrogen) atoms. The number of ether oxygens (including phenoxy) is 4. The molecule has 0 saturated carbocycles. The lowest BCUT2D eigenvalue weighted by atomic mass is 9.93. The fourth-order valence-corrected chi connectivity index (χ4v) is 1.61. The fourth-order valence-electron chi connectivity index (χ4n) is 1.61. The zero-order valence-electron chi connectivity index (χ0n) is 8.23. The number of hydrogen-bond donors (Lipinski definition) is 0. The first-order valence-corrected chi connectivity index (χ1v) is 4.20. The summed E-state index contributed by atoms with van der Waals surface area (Å²) in [6.07, 6.45) is -0.514. The van der Waals surface area contributed by atoms with Gasteiger partial charge in [0.15, 0.2) is 0 Å². The molecule has 1 rings (SSSR count). The largest absolute Gasteiger partial charge is 0.382 e. The molecule has 0 N–H and O–H groups in total. The number of rotatable bonds is 4. The summed E-state index contributed by atoms with van der Waals surface area (Å²) in [6, 6.07) is -0.435. The van der Waals surface area contributed by atoms with Crippen molar-refractivity contribution in [1.29, 1.82) is 0 Å². The van der Waals surface area contributed by atoms with Gasteiger partial charge in [-0.3, -0.25) is 0 Å². The fraction of sp³-hybridized carbons (Fsp3) is 1.00. The van der Waals surface area contributed by atoms with E-state index in [2.05, 4.69) is 0 Å². The minimum Gasteiger partial charge on any atom is -0.382 e. The number of methoxy groups -OCH3 is 3. The summed E-state index contributed by atoms with van der Waals surface area (Å²) < 4.78 is 20.8. The van der Waals surface area contributed by atoms with Gasteiger partial charge in [0.05, 0.1) is 6.61 Å². The normalized spacial score (nSPS) is 39.6. The van der Waals surface area contributed by atoms with Crippen molar-refractivity contribution in [3.05, 3.63) is 0 Å². The SMILES string of the molecule is [B][C@@H]1O[C@H](COC)C(OC)[C@@H]1OC. The molecule has 0 aliphatic carbocycles. The molecule has 1 saturated heterocycles. The van der Waals surface area contributed by atoms with Gasteiger partial charge in [0, 0.05) is 27.3 Å². The third-order valence-corrected chi connectivity index (χ3v) is 2.22. The van der Waals surface area contributed by atoms with Crippen molar-refractivity contribution in [2.24, 2.45) is 0 Å². The van der Waals surface area contributed by atoms with E-state index in [1.807, 2.05) is 0 Å². The summed E-state index contributed by atoms with van der Waals surface area (Å²) in [5, 5.41) is 0. The first kappa shape index (κ1) is 11.0. The highest BCUT2D eigenvalue weighted by Gasteiger charge is 2.42. The van der Waals surface area contributed by atoms with Crippen LogP contribution in [0.2, 0.25) is 0 Å². The van der Waals surface area contributed by atoms with Gasteiger partial charge in [0.25, 0.3) is 0 Å². The van der Waals surface area contributed by atoms with Crippen LogP contribution in [-0.2, 0) is 18.9 Å². The van der Waals surface area contributed by atoms with Crippen LogP contribution in [0.1, 0.15) is 0 Å². The van der Waals surface area contributed by atoms with E-state index in [-0.39, 0.29) is 18.3 Å². The zero-order valence-corrected chi connectivity index (χ0v) is 8.23. The second kappa shape index (κ2) is 4.95. The molecule has 0 aromatic heterocycles. The molecule has 2 radical (unpaired) electrons. The van der Waals surface area contributed by atoms with Gasteiger partial charge >= 0.3 is 0 Å². The summed E-state index contributed by atoms with van der Waals surface area (Å²) in [4.78, 5) is 0. The highest BCUT2D eigenvalue weighted by Crippen LogP contribution is 2.24. The molecule has 1 heterocycles. The van der Waals surface area contributed by atoms with Gasteiger partial charge < -0.3 is 18.9 Å². The number of hydrogen-bond acceptors (Lipinski definition) is 4. The van der Waals surface area contributed by atoms with Crippen LogP contribution in [0.25, 0.3) is 0 Å². The summed E-state index contributed by atoms with van der Waals surface area (Å²) in [6.45, 7) is 0.464. The van der Waals surface area contributed by atoms with Crippen molar-refractivity contribution in [3.8, 4) is 0 Å². The summed E-state index contributed by atoms with van der Waals surface area (Å²) in [7, 11) is 10.5. The maximum atomic E-state index is 5.69. The van der Waals surface area contributed by atoms with E-state index >= 15 is 0 Å². The molecule has 4 nitrogen and oxygen atoms in total. The van der Waals surface area contributed by atoms with E-state index in [0.29, 0.717) is 6.61 Å². The monoisotopic (exact) mass is 186 g/mol. The molecular weight excluding hydrogens is 171 g/mol. The second-order valence-electron chi connectivity index (χ2n) is 3.00. The molecule has 0 aromatic rings. The average Bonchev–Trinajstić information content (AvgIpc) is 2.41. The van der Waals surface area contributed by atoms with Gasteiger partial charge in [0.1, 0.15) is 26.2 Å². The van der Waals surface area contributed by atoms with Crippen molar-refractivity contribution in [2.45, 2.75) is 24.3 Å². The van der Waals surface area contributed by atoms with Gasteiger partial charge in [-0.2, -0.15) is 0 Å². The van der Waals surface area contributed by atoms with Crippen LogP contribution in [0.4, 0.5) is 0 Å². The average molecular weight is 186 g/mol. The maximum absolute atomic E-state index is 5.69. The Balaban J connectivity index is 2.57. The molecule has 0 bridgehead atoms. The highest BCUT2D eigenvalue weighted by molar-refractivity contribution is 6.11. The Bertz CT molecular complexity index is 155. The van der Waals surface area contributed by atoms with Crippen molar-refractivity contribution >= 4 is 7.85 Å². The Hall–Kier alpha value is -0.0951. The summed E-state index contributed by atoms with van der Waals surface area (Å²) in [5.74, 6) is 0. The predicted octanol–water partition coefficient (Wildman–Crippen LogP) is -0.444. The quantitative estimate of drug-likeness (QED) is 0.557. The summed E-state index contributed by atoms with van der Waals surface area (Å²) in [5.41, 5.74) is 0. The Morgan fingerprint density at radius 3 is 2.23 bits per heavy atom. The van der Waals surface area contributed by atoms with E-state index < -0.39 is 6.00 Å². The molecule has 0 amide bonds. The zero-order chi connectivity index (χ0) is 9.84. The first-order chi connectivity index (χ1) is 6.24. The molecule has 1 aliphatic heterocycles. The van der Waals surface area contributed by atoms with Crippen LogP contribution < -0.4 is 0 Å². The Morgan fingerprint density at radius 1 is 1.15 bits per heavy atom. The van der Waals surface area contributed by atoms with Gasteiger partial charge in [-0.1, -0.05) is 0 Å². The minimum absolute atomic E-state index is 0.144. The standard InChI is InChI=1S/C8H15BO4/c1-10-4-5-6(11-2)7(12-3)8(9)13-5/h5-8H,4H2,1-3H3/t5-,6?,7+,8-/m1/s1. The van der Waals surface area contributed by atoms with Crippen LogP contribution in [0.5, 0.6) is 0 Å². The van der Waals surface area contributed by atoms with E-state index in [1.54, 1.807) is 21.3 Å². The van der Waals surface area contributed by atoms with Gasteiger partial charge in [-0.05, 0) is 0 Å². The van der Waals surface area contributed by atoms with Crippen LogP contribution >= 0.6 is 0 Å². The van der Waals surface area contributed by atoms with Crippen molar-refractivity contribution in [1.82, 2.24) is 0 Å². The van der Waals surface area contributed by atoms with Crippen LogP contribution in [0, 0.1) is 0 Å². The van der Waals surface area contributed by atoms with E-state index in [0.717, 1.165) is 0 Å². The molecule has 74 valence electrons. The third kappa shape index (κ3) is 2.23.